The highest BCUT2D eigenvalue weighted by Gasteiger charge is 2.44. The van der Waals surface area contributed by atoms with Crippen molar-refractivity contribution in [3.05, 3.63) is 89.6 Å². The molecule has 0 amide bonds. The van der Waals surface area contributed by atoms with Gasteiger partial charge >= 0.3 is 0 Å². The maximum Gasteiger partial charge on any atom is 0.0384 e. The van der Waals surface area contributed by atoms with Crippen molar-refractivity contribution in [3.63, 3.8) is 0 Å². The molecule has 0 aromatic heterocycles. The first-order valence-corrected chi connectivity index (χ1v) is 7.98. The molecule has 0 bridgehead atoms. The lowest BCUT2D eigenvalue weighted by Crippen LogP contribution is -2.26. The molecule has 2 unspecified atom stereocenters. The summed E-state index contributed by atoms with van der Waals surface area (Å²) in [6.07, 6.45) is 7.01. The number of allylic oxidation sites excluding steroid dienone is 3. The molecule has 0 aliphatic heterocycles. The number of rotatable bonds is 2. The predicted molar refractivity (Wildman–Crippen MR) is 93.0 cm³/mol. The summed E-state index contributed by atoms with van der Waals surface area (Å²) in [4.78, 5) is 0. The molecule has 2 atom stereocenters. The number of hydrogen-bond acceptors (Lipinski definition) is 1. The predicted octanol–water partition coefficient (Wildman–Crippen LogP) is 5.24. The lowest BCUT2D eigenvalue weighted by molar-refractivity contribution is 0.393. The van der Waals surface area contributed by atoms with E-state index in [1.807, 2.05) is 6.07 Å². The topological polar surface area (TPSA) is 12.0 Å². The number of nitrogens with one attached hydrogen (secondary N) is 1. The maximum absolute atomic E-state index is 3.53. The standard InChI is InChI=1S/C21H21N/c1-21(2)19-11-7-6-10-17(19)18-13-12-16(14-20(18)21)22-15-8-4-3-5-9-15/h3-14,18,20,22H,1-2H3. The van der Waals surface area contributed by atoms with Gasteiger partial charge in [0.2, 0.25) is 0 Å². The van der Waals surface area contributed by atoms with E-state index in [-0.39, 0.29) is 5.41 Å². The molecule has 0 saturated heterocycles. The molecule has 0 radical (unpaired) electrons. The lowest BCUT2D eigenvalue weighted by atomic mass is 9.74. The summed E-state index contributed by atoms with van der Waals surface area (Å²) in [5.74, 6) is 1.02. The summed E-state index contributed by atoms with van der Waals surface area (Å²) in [6.45, 7) is 4.73. The zero-order valence-electron chi connectivity index (χ0n) is 13.1. The van der Waals surface area contributed by atoms with E-state index < -0.39 is 0 Å². The molecule has 2 aliphatic rings. The van der Waals surface area contributed by atoms with E-state index in [4.69, 9.17) is 0 Å². The van der Waals surface area contributed by atoms with Crippen LogP contribution in [0.15, 0.2) is 78.5 Å². The summed E-state index contributed by atoms with van der Waals surface area (Å²) < 4.78 is 0. The third kappa shape index (κ3) is 2.00. The van der Waals surface area contributed by atoms with Gasteiger partial charge in [0.15, 0.2) is 0 Å². The molecule has 0 spiro atoms. The molecule has 2 aromatic carbocycles. The normalized spacial score (nSPS) is 24.4. The van der Waals surface area contributed by atoms with Crippen LogP contribution in [0.4, 0.5) is 5.69 Å². The van der Waals surface area contributed by atoms with Gasteiger partial charge in [-0.2, -0.15) is 0 Å². The van der Waals surface area contributed by atoms with Gasteiger partial charge in [-0.25, -0.2) is 0 Å². The molecule has 2 aromatic rings. The van der Waals surface area contributed by atoms with Gasteiger partial charge < -0.3 is 5.32 Å². The zero-order chi connectivity index (χ0) is 15.2. The van der Waals surface area contributed by atoms with Crippen molar-refractivity contribution in [1.29, 1.82) is 0 Å². The highest BCUT2D eigenvalue weighted by molar-refractivity contribution is 5.55. The second-order valence-electron chi connectivity index (χ2n) is 6.83. The van der Waals surface area contributed by atoms with Crippen LogP contribution < -0.4 is 5.32 Å². The number of hydrogen-bond donors (Lipinski definition) is 1. The average molecular weight is 287 g/mol. The van der Waals surface area contributed by atoms with E-state index in [1.165, 1.54) is 16.8 Å². The third-order valence-electron chi connectivity index (χ3n) is 5.14. The van der Waals surface area contributed by atoms with Gasteiger partial charge in [-0.05, 0) is 40.7 Å². The van der Waals surface area contributed by atoms with E-state index >= 15 is 0 Å². The minimum atomic E-state index is 0.176. The summed E-state index contributed by atoms with van der Waals surface area (Å²) in [6, 6.07) is 19.3. The van der Waals surface area contributed by atoms with Crippen LogP contribution in [0.1, 0.15) is 30.9 Å². The highest BCUT2D eigenvalue weighted by Crippen LogP contribution is 2.53. The van der Waals surface area contributed by atoms with Crippen LogP contribution in [-0.2, 0) is 5.41 Å². The van der Waals surface area contributed by atoms with Gasteiger partial charge in [-0.1, -0.05) is 68.5 Å². The Kier molecular flexibility index (Phi) is 2.97. The fraction of sp³-hybridized carbons (Fsp3) is 0.238. The lowest BCUT2D eigenvalue weighted by Gasteiger charge is -2.31. The van der Waals surface area contributed by atoms with Crippen molar-refractivity contribution < 1.29 is 0 Å². The van der Waals surface area contributed by atoms with Crippen LogP contribution in [0.2, 0.25) is 0 Å². The van der Waals surface area contributed by atoms with E-state index in [2.05, 4.69) is 85.9 Å². The Labute approximate surface area is 132 Å². The molecule has 0 heterocycles. The number of fused-ring (bicyclic) bond motifs is 3. The molecular formula is C21H21N. The van der Waals surface area contributed by atoms with Gasteiger partial charge in [0.25, 0.3) is 0 Å². The van der Waals surface area contributed by atoms with Crippen LogP contribution in [0.3, 0.4) is 0 Å². The van der Waals surface area contributed by atoms with Gasteiger partial charge in [0.1, 0.15) is 0 Å². The van der Waals surface area contributed by atoms with Crippen molar-refractivity contribution in [2.45, 2.75) is 25.2 Å². The zero-order valence-corrected chi connectivity index (χ0v) is 13.1. The number of benzene rings is 2. The molecule has 0 saturated carbocycles. The van der Waals surface area contributed by atoms with Crippen molar-refractivity contribution >= 4 is 5.69 Å². The fourth-order valence-electron chi connectivity index (χ4n) is 3.96. The Morgan fingerprint density at radius 2 is 1.64 bits per heavy atom. The van der Waals surface area contributed by atoms with E-state index in [1.54, 1.807) is 0 Å². The Morgan fingerprint density at radius 3 is 2.45 bits per heavy atom. The molecule has 110 valence electrons. The highest BCUT2D eigenvalue weighted by atomic mass is 14.9. The Hall–Kier alpha value is -2.28. The minimum Gasteiger partial charge on any atom is -0.356 e. The van der Waals surface area contributed by atoms with Crippen LogP contribution in [-0.4, -0.2) is 0 Å². The SMILES string of the molecule is CC1(C)c2ccccc2C2C=CC(Nc3ccccc3)=CC21. The van der Waals surface area contributed by atoms with Crippen molar-refractivity contribution in [2.24, 2.45) is 5.92 Å². The largest absolute Gasteiger partial charge is 0.356 e. The molecule has 1 nitrogen and oxygen atoms in total. The Morgan fingerprint density at radius 1 is 0.909 bits per heavy atom. The monoisotopic (exact) mass is 287 g/mol. The fourth-order valence-corrected chi connectivity index (χ4v) is 3.96. The third-order valence-corrected chi connectivity index (χ3v) is 5.14. The second-order valence-corrected chi connectivity index (χ2v) is 6.83. The van der Waals surface area contributed by atoms with E-state index in [0.717, 1.165) is 5.69 Å². The smallest absolute Gasteiger partial charge is 0.0384 e. The van der Waals surface area contributed by atoms with Crippen LogP contribution in [0, 0.1) is 5.92 Å². The van der Waals surface area contributed by atoms with Crippen LogP contribution in [0.5, 0.6) is 0 Å². The number of anilines is 1. The van der Waals surface area contributed by atoms with Crippen molar-refractivity contribution in [2.75, 3.05) is 5.32 Å². The molecule has 2 aliphatic carbocycles. The Balaban J connectivity index is 1.69. The average Bonchev–Trinajstić information content (AvgIpc) is 2.77. The van der Waals surface area contributed by atoms with Crippen molar-refractivity contribution in [1.82, 2.24) is 0 Å². The van der Waals surface area contributed by atoms with E-state index in [9.17, 15) is 0 Å². The second kappa shape index (κ2) is 4.88. The molecule has 1 heteroatoms. The number of para-hydroxylation sites is 1. The summed E-state index contributed by atoms with van der Waals surface area (Å²) in [7, 11) is 0. The Bertz CT molecular complexity index is 752. The van der Waals surface area contributed by atoms with Crippen LogP contribution >= 0.6 is 0 Å². The molecule has 4 rings (SSSR count). The molecule has 22 heavy (non-hydrogen) atoms. The van der Waals surface area contributed by atoms with Gasteiger partial charge in [0.05, 0.1) is 0 Å². The van der Waals surface area contributed by atoms with Gasteiger partial charge in [0, 0.05) is 17.3 Å². The molecule has 0 fully saturated rings. The molecule has 1 N–H and O–H groups in total. The van der Waals surface area contributed by atoms with Gasteiger partial charge in [-0.15, -0.1) is 0 Å². The summed E-state index contributed by atoms with van der Waals surface area (Å²) in [5, 5.41) is 3.53. The van der Waals surface area contributed by atoms with Crippen molar-refractivity contribution in [3.8, 4) is 0 Å². The maximum atomic E-state index is 3.53. The summed E-state index contributed by atoms with van der Waals surface area (Å²) >= 11 is 0. The molecular weight excluding hydrogens is 266 g/mol. The first kappa shape index (κ1) is 13.4. The van der Waals surface area contributed by atoms with E-state index in [0.29, 0.717) is 11.8 Å². The van der Waals surface area contributed by atoms with Gasteiger partial charge in [-0.3, -0.25) is 0 Å². The summed E-state index contributed by atoms with van der Waals surface area (Å²) in [5.41, 5.74) is 5.50. The first-order chi connectivity index (χ1) is 10.7. The van der Waals surface area contributed by atoms with Crippen LogP contribution in [0.25, 0.3) is 0 Å². The minimum absolute atomic E-state index is 0.176. The quantitative estimate of drug-likeness (QED) is 0.796. The first-order valence-electron chi connectivity index (χ1n) is 7.98.